The first-order valence-corrected chi connectivity index (χ1v) is 8.63. The van der Waals surface area contributed by atoms with Crippen molar-refractivity contribution in [2.45, 2.75) is 6.54 Å². The lowest BCUT2D eigenvalue weighted by Crippen LogP contribution is -2.31. The molecule has 9 heteroatoms. The van der Waals surface area contributed by atoms with E-state index in [1.54, 1.807) is 0 Å². The second kappa shape index (κ2) is 7.79. The lowest BCUT2D eigenvalue weighted by atomic mass is 10.2. The number of thioether (sulfide) groups is 1. The van der Waals surface area contributed by atoms with Gasteiger partial charge in [-0.05, 0) is 17.7 Å². The molecular weight excluding hydrogens is 356 g/mol. The second-order valence-corrected chi connectivity index (χ2v) is 6.34. The van der Waals surface area contributed by atoms with E-state index in [0.29, 0.717) is 11.7 Å². The van der Waals surface area contributed by atoms with E-state index in [-0.39, 0.29) is 22.9 Å². The molecule has 0 aliphatic carbocycles. The first kappa shape index (κ1) is 17.6. The van der Waals surface area contributed by atoms with Crippen LogP contribution in [0.3, 0.4) is 0 Å². The third-order valence-corrected chi connectivity index (χ3v) is 4.59. The number of nitro groups is 1. The van der Waals surface area contributed by atoms with Gasteiger partial charge in [-0.2, -0.15) is 0 Å². The van der Waals surface area contributed by atoms with Gasteiger partial charge < -0.3 is 0 Å². The maximum absolute atomic E-state index is 12.1. The van der Waals surface area contributed by atoms with E-state index in [1.807, 2.05) is 30.3 Å². The molecule has 3 rings (SSSR count). The first-order valence-electron chi connectivity index (χ1n) is 7.64. The molecule has 2 amide bonds. The van der Waals surface area contributed by atoms with Gasteiger partial charge in [0.25, 0.3) is 11.6 Å². The van der Waals surface area contributed by atoms with Gasteiger partial charge in [0.1, 0.15) is 0 Å². The summed E-state index contributed by atoms with van der Waals surface area (Å²) in [7, 11) is 0. The van der Waals surface area contributed by atoms with Crippen LogP contribution < -0.4 is 5.43 Å². The molecule has 1 fully saturated rings. The molecule has 0 saturated carbocycles. The van der Waals surface area contributed by atoms with Crippen LogP contribution in [0.2, 0.25) is 0 Å². The van der Waals surface area contributed by atoms with E-state index < -0.39 is 10.8 Å². The normalized spacial score (nSPS) is 15.3. The topological polar surface area (TPSA) is 105 Å². The number of hydrazone groups is 1. The van der Waals surface area contributed by atoms with Gasteiger partial charge in [0, 0.05) is 17.7 Å². The molecule has 0 aromatic heterocycles. The van der Waals surface area contributed by atoms with Gasteiger partial charge in [-0.25, -0.2) is 5.43 Å². The number of rotatable bonds is 5. The molecule has 2 aromatic rings. The minimum atomic E-state index is -0.538. The van der Waals surface area contributed by atoms with Crippen molar-refractivity contribution in [3.05, 3.63) is 75.8 Å². The van der Waals surface area contributed by atoms with Crippen LogP contribution in [-0.4, -0.2) is 32.6 Å². The number of nitrogens with zero attached hydrogens (tertiary/aromatic N) is 3. The molecule has 1 heterocycles. The number of hydrogen-bond donors (Lipinski definition) is 1. The Bertz CT molecular complexity index is 868. The smallest absolute Gasteiger partial charge is 0.271 e. The molecule has 0 atom stereocenters. The number of amides is 2. The van der Waals surface area contributed by atoms with Crippen LogP contribution in [0, 0.1) is 10.1 Å². The van der Waals surface area contributed by atoms with E-state index >= 15 is 0 Å². The quantitative estimate of drug-likeness (QED) is 0.643. The Morgan fingerprint density at radius 2 is 1.88 bits per heavy atom. The summed E-state index contributed by atoms with van der Waals surface area (Å²) in [6.07, 6.45) is 0. The number of benzene rings is 2. The van der Waals surface area contributed by atoms with Crippen molar-refractivity contribution in [1.82, 2.24) is 10.3 Å². The summed E-state index contributed by atoms with van der Waals surface area (Å²) in [4.78, 5) is 35.8. The lowest BCUT2D eigenvalue weighted by molar-refractivity contribution is -0.384. The molecule has 8 nitrogen and oxygen atoms in total. The third-order valence-electron chi connectivity index (χ3n) is 3.63. The maximum Gasteiger partial charge on any atom is 0.271 e. The zero-order valence-electron chi connectivity index (χ0n) is 13.5. The van der Waals surface area contributed by atoms with Gasteiger partial charge in [-0.1, -0.05) is 42.1 Å². The Labute approximate surface area is 153 Å². The van der Waals surface area contributed by atoms with E-state index in [4.69, 9.17) is 0 Å². The molecule has 0 spiro atoms. The van der Waals surface area contributed by atoms with Crippen LogP contribution >= 0.6 is 11.8 Å². The van der Waals surface area contributed by atoms with Crippen molar-refractivity contribution >= 4 is 34.4 Å². The summed E-state index contributed by atoms with van der Waals surface area (Å²) < 4.78 is 0. The van der Waals surface area contributed by atoms with Crippen LogP contribution in [0.5, 0.6) is 0 Å². The number of amidine groups is 1. The summed E-state index contributed by atoms with van der Waals surface area (Å²) in [5.74, 6) is -0.326. The Hall–Kier alpha value is -3.20. The predicted molar refractivity (Wildman–Crippen MR) is 97.4 cm³/mol. The molecule has 2 aromatic carbocycles. The predicted octanol–water partition coefficient (Wildman–Crippen LogP) is 2.37. The highest BCUT2D eigenvalue weighted by molar-refractivity contribution is 8.15. The average Bonchev–Trinajstić information content (AvgIpc) is 3.00. The average molecular weight is 370 g/mol. The number of hydrogen-bond acceptors (Lipinski definition) is 6. The number of carbonyl (C=O) groups is 2. The highest BCUT2D eigenvalue weighted by Gasteiger charge is 2.28. The van der Waals surface area contributed by atoms with Crippen molar-refractivity contribution < 1.29 is 14.5 Å². The van der Waals surface area contributed by atoms with Crippen LogP contribution in [0.1, 0.15) is 15.9 Å². The third kappa shape index (κ3) is 4.06. The van der Waals surface area contributed by atoms with E-state index in [1.165, 1.54) is 40.9 Å². The lowest BCUT2D eigenvalue weighted by Gasteiger charge is -2.15. The Balaban J connectivity index is 1.68. The van der Waals surface area contributed by atoms with Crippen LogP contribution in [0.25, 0.3) is 0 Å². The van der Waals surface area contributed by atoms with Gasteiger partial charge >= 0.3 is 0 Å². The second-order valence-electron chi connectivity index (χ2n) is 5.39. The van der Waals surface area contributed by atoms with E-state index in [9.17, 15) is 19.7 Å². The molecule has 1 saturated heterocycles. The summed E-state index contributed by atoms with van der Waals surface area (Å²) in [5, 5.41) is 15.1. The van der Waals surface area contributed by atoms with Crippen molar-refractivity contribution in [2.75, 3.05) is 5.75 Å². The molecule has 0 bridgehead atoms. The summed E-state index contributed by atoms with van der Waals surface area (Å²) in [6, 6.07) is 14.7. The molecule has 0 unspecified atom stereocenters. The van der Waals surface area contributed by atoms with E-state index in [2.05, 4.69) is 10.5 Å². The Morgan fingerprint density at radius 1 is 1.19 bits per heavy atom. The fourth-order valence-corrected chi connectivity index (χ4v) is 3.14. The fraction of sp³-hybridized carbons (Fsp3) is 0.118. The van der Waals surface area contributed by atoms with Gasteiger partial charge in [0.05, 0.1) is 17.2 Å². The van der Waals surface area contributed by atoms with Crippen LogP contribution in [0.4, 0.5) is 5.69 Å². The van der Waals surface area contributed by atoms with Gasteiger partial charge in [-0.15, -0.1) is 5.10 Å². The highest BCUT2D eigenvalue weighted by atomic mass is 32.2. The first-order chi connectivity index (χ1) is 12.5. The number of nitro benzene ring substituents is 1. The fourth-order valence-electron chi connectivity index (χ4n) is 2.30. The zero-order valence-corrected chi connectivity index (χ0v) is 14.3. The molecule has 1 aliphatic heterocycles. The Morgan fingerprint density at radius 3 is 2.54 bits per heavy atom. The molecule has 26 heavy (non-hydrogen) atoms. The maximum atomic E-state index is 12.1. The minimum absolute atomic E-state index is 0.0813. The molecule has 1 aliphatic rings. The number of carbonyl (C=O) groups excluding carboxylic acids is 2. The summed E-state index contributed by atoms with van der Waals surface area (Å²) in [6.45, 7) is 0.374. The van der Waals surface area contributed by atoms with E-state index in [0.717, 1.165) is 5.56 Å². The van der Waals surface area contributed by atoms with Gasteiger partial charge in [0.2, 0.25) is 5.91 Å². The van der Waals surface area contributed by atoms with Crippen LogP contribution in [-0.2, 0) is 11.3 Å². The largest absolute Gasteiger partial charge is 0.285 e. The minimum Gasteiger partial charge on any atom is -0.285 e. The van der Waals surface area contributed by atoms with Gasteiger partial charge in [-0.3, -0.25) is 24.6 Å². The Kier molecular flexibility index (Phi) is 5.28. The SMILES string of the molecule is O=C(N/N=C1\SCC(=O)N1Cc1ccccc1)c1ccc([N+](=O)[O-])cc1. The monoisotopic (exact) mass is 370 g/mol. The summed E-state index contributed by atoms with van der Waals surface area (Å²) >= 11 is 1.24. The number of nitrogens with one attached hydrogen (secondary N) is 1. The zero-order chi connectivity index (χ0) is 18.5. The van der Waals surface area contributed by atoms with Crippen molar-refractivity contribution in [1.29, 1.82) is 0 Å². The van der Waals surface area contributed by atoms with Crippen molar-refractivity contribution in [3.8, 4) is 0 Å². The number of non-ortho nitro benzene ring substituents is 1. The van der Waals surface area contributed by atoms with Crippen molar-refractivity contribution in [2.24, 2.45) is 5.10 Å². The summed E-state index contributed by atoms with van der Waals surface area (Å²) in [5.41, 5.74) is 3.49. The van der Waals surface area contributed by atoms with Crippen molar-refractivity contribution in [3.63, 3.8) is 0 Å². The van der Waals surface area contributed by atoms with Gasteiger partial charge in [0.15, 0.2) is 5.17 Å². The standard InChI is InChI=1S/C17H14N4O4S/c22-15-11-26-17(20(15)10-12-4-2-1-3-5-12)19-18-16(23)13-6-8-14(9-7-13)21(24)25/h1-9H,10-11H2,(H,18,23)/b19-17-. The van der Waals surface area contributed by atoms with Crippen LogP contribution in [0.15, 0.2) is 59.7 Å². The molecule has 0 radical (unpaired) electrons. The molecule has 1 N–H and O–H groups in total. The molecular formula is C17H14N4O4S. The molecule has 132 valence electrons. The highest BCUT2D eigenvalue weighted by Crippen LogP contribution is 2.21.